The molecule has 0 amide bonds. The number of aliphatic hydroxyl groups excluding tert-OH is 1. The average Bonchev–Trinajstić information content (AvgIpc) is 2.74. The molecular formula is C12H24N2O4S. The van der Waals surface area contributed by atoms with Gasteiger partial charge >= 0.3 is 0 Å². The monoisotopic (exact) mass is 292 g/mol. The second-order valence-corrected chi connectivity index (χ2v) is 7.59. The molecule has 1 saturated carbocycles. The number of nitrogens with one attached hydrogen (secondary N) is 1. The molecule has 2 N–H and O–H groups in total. The Kier molecular flexibility index (Phi) is 5.19. The van der Waals surface area contributed by atoms with E-state index in [1.165, 1.54) is 7.11 Å². The van der Waals surface area contributed by atoms with Gasteiger partial charge in [-0.3, -0.25) is 4.90 Å². The molecule has 1 aliphatic heterocycles. The molecule has 1 atom stereocenters. The normalized spacial score (nSPS) is 24.5. The van der Waals surface area contributed by atoms with Crippen LogP contribution in [0.2, 0.25) is 0 Å². The second-order valence-electron chi connectivity index (χ2n) is 5.59. The number of ether oxygens (including phenoxy) is 1. The Morgan fingerprint density at radius 3 is 2.58 bits per heavy atom. The van der Waals surface area contributed by atoms with E-state index in [0.29, 0.717) is 19.6 Å². The Bertz CT molecular complexity index is 375. The van der Waals surface area contributed by atoms with Crippen LogP contribution < -0.4 is 4.72 Å². The summed E-state index contributed by atoms with van der Waals surface area (Å²) < 4.78 is 31.9. The largest absolute Gasteiger partial charge is 0.389 e. The average molecular weight is 292 g/mol. The summed E-state index contributed by atoms with van der Waals surface area (Å²) in [4.78, 5) is 1.95. The molecule has 1 heterocycles. The highest BCUT2D eigenvalue weighted by Crippen LogP contribution is 2.21. The number of methoxy groups -OCH3 is 1. The number of hydrogen-bond acceptors (Lipinski definition) is 5. The summed E-state index contributed by atoms with van der Waals surface area (Å²) in [5.41, 5.74) is 0. The van der Waals surface area contributed by atoms with Gasteiger partial charge in [0, 0.05) is 32.8 Å². The zero-order chi connectivity index (χ0) is 13.9. The van der Waals surface area contributed by atoms with Crippen LogP contribution in [0.5, 0.6) is 0 Å². The molecule has 2 aliphatic rings. The van der Waals surface area contributed by atoms with Gasteiger partial charge in [-0.05, 0) is 12.8 Å². The molecule has 1 saturated heterocycles. The summed E-state index contributed by atoms with van der Waals surface area (Å²) in [6.07, 6.45) is 3.61. The number of nitrogens with zero attached hydrogens (tertiary/aromatic N) is 1. The molecule has 112 valence electrons. The number of rotatable bonds is 7. The summed E-state index contributed by atoms with van der Waals surface area (Å²) in [5, 5.41) is 9.24. The predicted molar refractivity (Wildman–Crippen MR) is 72.4 cm³/mol. The minimum Gasteiger partial charge on any atom is -0.389 e. The predicted octanol–water partition coefficient (Wildman–Crippen LogP) is -0.460. The number of likely N-dealkylation sites (tertiary alicyclic amines) is 1. The molecule has 0 spiro atoms. The zero-order valence-corrected chi connectivity index (χ0v) is 12.2. The molecule has 0 aromatic carbocycles. The van der Waals surface area contributed by atoms with Crippen molar-refractivity contribution >= 4 is 10.0 Å². The quantitative estimate of drug-likeness (QED) is 0.664. The van der Waals surface area contributed by atoms with E-state index in [-0.39, 0.29) is 17.9 Å². The molecule has 7 heteroatoms. The fourth-order valence-corrected chi connectivity index (χ4v) is 4.49. The Morgan fingerprint density at radius 2 is 2.00 bits per heavy atom. The second kappa shape index (κ2) is 6.49. The van der Waals surface area contributed by atoms with Crippen LogP contribution in [0, 0.1) is 0 Å². The van der Waals surface area contributed by atoms with Crippen LogP contribution in [-0.4, -0.2) is 69.2 Å². The lowest BCUT2D eigenvalue weighted by molar-refractivity contribution is 0.0235. The lowest BCUT2D eigenvalue weighted by atomic mass is 10.2. The minimum atomic E-state index is -3.19. The molecule has 0 unspecified atom stereocenters. The molecule has 2 fully saturated rings. The van der Waals surface area contributed by atoms with Gasteiger partial charge in [0.25, 0.3) is 0 Å². The standard InChI is InChI=1S/C12H24N2O4S/c1-18-9-11(15)6-14-7-12(8-14)19(16,17)13-10-4-2-3-5-10/h10-13,15H,2-9H2,1H3/t11-/m1/s1. The summed E-state index contributed by atoms with van der Waals surface area (Å²) in [6, 6.07) is 0.137. The number of hydrogen-bond donors (Lipinski definition) is 2. The maximum Gasteiger partial charge on any atom is 0.217 e. The molecule has 19 heavy (non-hydrogen) atoms. The third-order valence-corrected chi connectivity index (χ3v) is 5.71. The minimum absolute atomic E-state index is 0.137. The molecule has 1 aliphatic carbocycles. The van der Waals surface area contributed by atoms with Crippen LogP contribution in [0.3, 0.4) is 0 Å². The van der Waals surface area contributed by atoms with Gasteiger partial charge in [-0.2, -0.15) is 0 Å². The van der Waals surface area contributed by atoms with Gasteiger partial charge in [0.2, 0.25) is 10.0 Å². The van der Waals surface area contributed by atoms with Crippen molar-refractivity contribution in [3.63, 3.8) is 0 Å². The van der Waals surface area contributed by atoms with Gasteiger partial charge in [-0.1, -0.05) is 12.8 Å². The topological polar surface area (TPSA) is 78.9 Å². The third kappa shape index (κ3) is 4.13. The summed E-state index contributed by atoms with van der Waals surface area (Å²) in [5.74, 6) is 0. The van der Waals surface area contributed by atoms with Gasteiger partial charge in [0.05, 0.1) is 12.7 Å². The number of sulfonamides is 1. The van der Waals surface area contributed by atoms with E-state index in [4.69, 9.17) is 4.74 Å². The highest BCUT2D eigenvalue weighted by molar-refractivity contribution is 7.90. The van der Waals surface area contributed by atoms with E-state index in [0.717, 1.165) is 25.7 Å². The van der Waals surface area contributed by atoms with Crippen molar-refractivity contribution in [3.8, 4) is 0 Å². The van der Waals surface area contributed by atoms with Crippen molar-refractivity contribution in [1.82, 2.24) is 9.62 Å². The third-order valence-electron chi connectivity index (χ3n) is 3.88. The number of β-amino-alcohol motifs (C(OH)–C–C–N with tert-alkyl or cyclic N) is 1. The summed E-state index contributed by atoms with van der Waals surface area (Å²) >= 11 is 0. The molecule has 0 radical (unpaired) electrons. The Morgan fingerprint density at radius 1 is 1.37 bits per heavy atom. The first-order valence-corrected chi connectivity index (χ1v) is 8.46. The van der Waals surface area contributed by atoms with Crippen molar-refractivity contribution in [1.29, 1.82) is 0 Å². The van der Waals surface area contributed by atoms with Crippen molar-refractivity contribution in [3.05, 3.63) is 0 Å². The highest BCUT2D eigenvalue weighted by Gasteiger charge is 2.39. The van der Waals surface area contributed by atoms with Crippen molar-refractivity contribution in [2.24, 2.45) is 0 Å². The van der Waals surface area contributed by atoms with Gasteiger partial charge < -0.3 is 9.84 Å². The smallest absolute Gasteiger partial charge is 0.217 e. The van der Waals surface area contributed by atoms with Crippen molar-refractivity contribution in [2.75, 3.05) is 33.4 Å². The molecule has 0 aromatic heterocycles. The number of aliphatic hydroxyl groups is 1. The fraction of sp³-hybridized carbons (Fsp3) is 1.00. The van der Waals surface area contributed by atoms with Crippen molar-refractivity contribution < 1.29 is 18.3 Å². The first-order chi connectivity index (χ1) is 9.01. The lowest BCUT2D eigenvalue weighted by Gasteiger charge is -2.39. The zero-order valence-electron chi connectivity index (χ0n) is 11.4. The summed E-state index contributed by atoms with van der Waals surface area (Å²) in [6.45, 7) is 1.77. The van der Waals surface area contributed by atoms with Gasteiger partial charge in [0.15, 0.2) is 0 Å². The molecule has 2 rings (SSSR count). The fourth-order valence-electron chi connectivity index (χ4n) is 2.78. The van der Waals surface area contributed by atoms with E-state index >= 15 is 0 Å². The van der Waals surface area contributed by atoms with E-state index in [2.05, 4.69) is 4.72 Å². The maximum atomic E-state index is 12.1. The van der Waals surface area contributed by atoms with E-state index in [9.17, 15) is 13.5 Å². The lowest BCUT2D eigenvalue weighted by Crippen LogP contribution is -2.60. The van der Waals surface area contributed by atoms with E-state index in [1.807, 2.05) is 4.90 Å². The van der Waals surface area contributed by atoms with Gasteiger partial charge in [0.1, 0.15) is 5.25 Å². The Balaban J connectivity index is 1.72. The maximum absolute atomic E-state index is 12.1. The Hall–Kier alpha value is -0.210. The molecular weight excluding hydrogens is 268 g/mol. The summed E-state index contributed by atoms with van der Waals surface area (Å²) in [7, 11) is -1.65. The van der Waals surface area contributed by atoms with Crippen LogP contribution in [0.15, 0.2) is 0 Å². The van der Waals surface area contributed by atoms with Gasteiger partial charge in [-0.15, -0.1) is 0 Å². The SMILES string of the molecule is COC[C@H](O)CN1CC(S(=O)(=O)NC2CCCC2)C1. The van der Waals surface area contributed by atoms with Crippen LogP contribution in [0.4, 0.5) is 0 Å². The molecule has 0 bridgehead atoms. The molecule has 6 nitrogen and oxygen atoms in total. The van der Waals surface area contributed by atoms with E-state index in [1.54, 1.807) is 0 Å². The highest BCUT2D eigenvalue weighted by atomic mass is 32.2. The van der Waals surface area contributed by atoms with E-state index < -0.39 is 16.1 Å². The molecule has 0 aromatic rings. The van der Waals surface area contributed by atoms with Gasteiger partial charge in [-0.25, -0.2) is 13.1 Å². The van der Waals surface area contributed by atoms with Crippen LogP contribution in [-0.2, 0) is 14.8 Å². The van der Waals surface area contributed by atoms with Crippen LogP contribution in [0.25, 0.3) is 0 Å². The van der Waals surface area contributed by atoms with Crippen LogP contribution >= 0.6 is 0 Å². The first-order valence-electron chi connectivity index (χ1n) is 6.92. The van der Waals surface area contributed by atoms with Crippen molar-refractivity contribution in [2.45, 2.75) is 43.1 Å². The van der Waals surface area contributed by atoms with Crippen LogP contribution in [0.1, 0.15) is 25.7 Å². The first kappa shape index (κ1) is 15.2. The Labute approximate surface area is 115 Å².